The summed E-state index contributed by atoms with van der Waals surface area (Å²) in [5.41, 5.74) is 1.14. The molecule has 1 amide bonds. The Balaban J connectivity index is 1.90. The molecule has 0 bridgehead atoms. The van der Waals surface area contributed by atoms with E-state index in [1.54, 1.807) is 25.1 Å². The van der Waals surface area contributed by atoms with Gasteiger partial charge in [-0.2, -0.15) is 0 Å². The summed E-state index contributed by atoms with van der Waals surface area (Å²) in [5, 5.41) is 0. The molecule has 1 aliphatic carbocycles. The number of carbonyl (C=O) groups is 1. The first kappa shape index (κ1) is 25.1. The fraction of sp³-hybridized carbons (Fsp3) is 0.480. The third-order valence-electron chi connectivity index (χ3n) is 6.61. The zero-order valence-electron chi connectivity index (χ0n) is 20.0. The summed E-state index contributed by atoms with van der Waals surface area (Å²) in [5.74, 6) is 0.868. The molecule has 1 fully saturated rings. The van der Waals surface area contributed by atoms with Gasteiger partial charge in [-0.25, -0.2) is 13.1 Å². The maximum absolute atomic E-state index is 13.3. The van der Waals surface area contributed by atoms with Gasteiger partial charge in [0.1, 0.15) is 16.4 Å². The van der Waals surface area contributed by atoms with Crippen LogP contribution in [0.15, 0.2) is 47.4 Å². The van der Waals surface area contributed by atoms with E-state index in [1.165, 1.54) is 19.2 Å². The van der Waals surface area contributed by atoms with Gasteiger partial charge < -0.3 is 14.4 Å². The monoisotopic (exact) mass is 474 g/mol. The number of nitrogens with one attached hydrogen (secondary N) is 1. The number of rotatable bonds is 8. The highest BCUT2D eigenvalue weighted by Crippen LogP contribution is 2.32. The van der Waals surface area contributed by atoms with Crippen molar-refractivity contribution >= 4 is 15.9 Å². The van der Waals surface area contributed by atoms with E-state index in [0.29, 0.717) is 5.75 Å². The molecule has 3 atom stereocenters. The highest BCUT2D eigenvalue weighted by Gasteiger charge is 2.30. The second-order valence-corrected chi connectivity index (χ2v) is 10.4. The van der Waals surface area contributed by atoms with Gasteiger partial charge in [0.05, 0.1) is 20.3 Å². The minimum absolute atomic E-state index is 0.0213. The van der Waals surface area contributed by atoms with E-state index in [0.717, 1.165) is 31.2 Å². The number of amides is 1. The molecule has 2 aromatic carbocycles. The number of carbonyl (C=O) groups excluding carboxylic acids is 1. The lowest BCUT2D eigenvalue weighted by Crippen LogP contribution is -2.41. The van der Waals surface area contributed by atoms with Crippen LogP contribution in [0.1, 0.15) is 61.5 Å². The molecular weight excluding hydrogens is 440 g/mol. The SMILES string of the molecule is COc1ccccc1C(C)N(C)C(=O)c1ccc(OC)c(S(=O)(=O)NC2CCCCC2C)c1. The van der Waals surface area contributed by atoms with Gasteiger partial charge in [0.15, 0.2) is 0 Å². The molecule has 2 aromatic rings. The molecule has 0 radical (unpaired) electrons. The molecule has 1 saturated carbocycles. The summed E-state index contributed by atoms with van der Waals surface area (Å²) in [6, 6.07) is 11.6. The lowest BCUT2D eigenvalue weighted by atomic mass is 9.87. The summed E-state index contributed by atoms with van der Waals surface area (Å²) < 4.78 is 40.2. The summed E-state index contributed by atoms with van der Waals surface area (Å²) >= 11 is 0. The van der Waals surface area contributed by atoms with Crippen molar-refractivity contribution in [1.82, 2.24) is 9.62 Å². The molecule has 0 aliphatic heterocycles. The van der Waals surface area contributed by atoms with Gasteiger partial charge >= 0.3 is 0 Å². The molecule has 0 aromatic heterocycles. The predicted molar refractivity (Wildman–Crippen MR) is 128 cm³/mol. The molecule has 7 nitrogen and oxygen atoms in total. The quantitative estimate of drug-likeness (QED) is 0.613. The van der Waals surface area contributed by atoms with E-state index in [-0.39, 0.29) is 40.1 Å². The van der Waals surface area contributed by atoms with Crippen molar-refractivity contribution < 1.29 is 22.7 Å². The van der Waals surface area contributed by atoms with Crippen LogP contribution in [0.5, 0.6) is 11.5 Å². The van der Waals surface area contributed by atoms with Crippen LogP contribution in [0.4, 0.5) is 0 Å². The van der Waals surface area contributed by atoms with Crippen LogP contribution in [-0.2, 0) is 10.0 Å². The zero-order chi connectivity index (χ0) is 24.2. The van der Waals surface area contributed by atoms with Gasteiger partial charge in [-0.3, -0.25) is 4.79 Å². The van der Waals surface area contributed by atoms with Crippen LogP contribution in [0.2, 0.25) is 0 Å². The minimum Gasteiger partial charge on any atom is -0.496 e. The fourth-order valence-electron chi connectivity index (χ4n) is 4.37. The van der Waals surface area contributed by atoms with Crippen LogP contribution in [0.25, 0.3) is 0 Å². The Kier molecular flexibility index (Phi) is 8.02. The normalized spacial score (nSPS) is 19.5. The average molecular weight is 475 g/mol. The largest absolute Gasteiger partial charge is 0.496 e. The second kappa shape index (κ2) is 10.6. The molecule has 0 saturated heterocycles. The molecule has 3 rings (SSSR count). The number of benzene rings is 2. The van der Waals surface area contributed by atoms with Crippen molar-refractivity contribution in [3.63, 3.8) is 0 Å². The summed E-state index contributed by atoms with van der Waals surface area (Å²) in [6.45, 7) is 3.97. The summed E-state index contributed by atoms with van der Waals surface area (Å²) in [6.07, 6.45) is 3.91. The third-order valence-corrected chi connectivity index (χ3v) is 8.12. The number of hydrogen-bond donors (Lipinski definition) is 1. The Morgan fingerprint density at radius 1 is 1.06 bits per heavy atom. The van der Waals surface area contributed by atoms with E-state index < -0.39 is 10.0 Å². The van der Waals surface area contributed by atoms with Crippen LogP contribution in [-0.4, -0.2) is 46.5 Å². The Morgan fingerprint density at radius 3 is 2.39 bits per heavy atom. The first-order valence-electron chi connectivity index (χ1n) is 11.3. The van der Waals surface area contributed by atoms with Crippen molar-refractivity contribution in [3.05, 3.63) is 53.6 Å². The van der Waals surface area contributed by atoms with Gasteiger partial charge in [0.25, 0.3) is 5.91 Å². The molecule has 8 heteroatoms. The Bertz CT molecular complexity index is 1090. The maximum atomic E-state index is 13.3. The van der Waals surface area contributed by atoms with Gasteiger partial charge in [-0.05, 0) is 49.9 Å². The number of hydrogen-bond acceptors (Lipinski definition) is 5. The highest BCUT2D eigenvalue weighted by atomic mass is 32.2. The summed E-state index contributed by atoms with van der Waals surface area (Å²) in [7, 11) is 0.845. The fourth-order valence-corrected chi connectivity index (χ4v) is 5.95. The van der Waals surface area contributed by atoms with Crippen LogP contribution in [0.3, 0.4) is 0 Å². The Morgan fingerprint density at radius 2 is 1.73 bits per heavy atom. The van der Waals surface area contributed by atoms with Gasteiger partial charge in [-0.15, -0.1) is 0 Å². The second-order valence-electron chi connectivity index (χ2n) is 8.69. The van der Waals surface area contributed by atoms with Crippen molar-refractivity contribution in [2.75, 3.05) is 21.3 Å². The van der Waals surface area contributed by atoms with Crippen LogP contribution in [0, 0.1) is 5.92 Å². The third kappa shape index (κ3) is 5.50. The molecular formula is C25H34N2O5S. The van der Waals surface area contributed by atoms with E-state index in [2.05, 4.69) is 11.6 Å². The van der Waals surface area contributed by atoms with E-state index in [9.17, 15) is 13.2 Å². The average Bonchev–Trinajstić information content (AvgIpc) is 2.83. The Labute approximate surface area is 197 Å². The molecule has 0 spiro atoms. The number of sulfonamides is 1. The van der Waals surface area contributed by atoms with Crippen molar-refractivity contribution in [1.29, 1.82) is 0 Å². The van der Waals surface area contributed by atoms with E-state index >= 15 is 0 Å². The van der Waals surface area contributed by atoms with Crippen LogP contribution >= 0.6 is 0 Å². The smallest absolute Gasteiger partial charge is 0.254 e. The number of para-hydroxylation sites is 1. The molecule has 1 N–H and O–H groups in total. The molecule has 3 unspecified atom stereocenters. The van der Waals surface area contributed by atoms with E-state index in [4.69, 9.17) is 9.47 Å². The van der Waals surface area contributed by atoms with Crippen molar-refractivity contribution in [2.24, 2.45) is 5.92 Å². The number of nitrogens with zero attached hydrogens (tertiary/aromatic N) is 1. The van der Waals surface area contributed by atoms with Gasteiger partial charge in [0.2, 0.25) is 10.0 Å². The van der Waals surface area contributed by atoms with Crippen LogP contribution < -0.4 is 14.2 Å². The van der Waals surface area contributed by atoms with Gasteiger partial charge in [-0.1, -0.05) is 38.0 Å². The number of ether oxygens (including phenoxy) is 2. The molecule has 180 valence electrons. The lowest BCUT2D eigenvalue weighted by Gasteiger charge is -2.29. The molecule has 0 heterocycles. The van der Waals surface area contributed by atoms with Crippen molar-refractivity contribution in [3.8, 4) is 11.5 Å². The lowest BCUT2D eigenvalue weighted by molar-refractivity contribution is 0.0740. The highest BCUT2D eigenvalue weighted by molar-refractivity contribution is 7.89. The topological polar surface area (TPSA) is 84.9 Å². The van der Waals surface area contributed by atoms with E-state index in [1.807, 2.05) is 31.2 Å². The maximum Gasteiger partial charge on any atom is 0.254 e. The zero-order valence-corrected chi connectivity index (χ0v) is 20.8. The first-order valence-corrected chi connectivity index (χ1v) is 12.8. The molecule has 1 aliphatic rings. The standard InChI is InChI=1S/C25H34N2O5S/c1-17-10-6-8-12-21(17)26-33(29,30)24-16-19(14-15-23(24)32-5)25(28)27(3)18(2)20-11-7-9-13-22(20)31-4/h7,9,11,13-18,21,26H,6,8,10,12H2,1-5H3. The summed E-state index contributed by atoms with van der Waals surface area (Å²) in [4.78, 5) is 14.9. The van der Waals surface area contributed by atoms with Crippen molar-refractivity contribution in [2.45, 2.75) is 56.5 Å². The Hall–Kier alpha value is -2.58. The number of methoxy groups -OCH3 is 2. The minimum atomic E-state index is -3.87. The predicted octanol–water partition coefficient (Wildman–Crippen LogP) is 4.39. The molecule has 33 heavy (non-hydrogen) atoms. The first-order chi connectivity index (χ1) is 15.7. The van der Waals surface area contributed by atoms with Gasteiger partial charge in [0, 0.05) is 24.2 Å².